The van der Waals surface area contributed by atoms with E-state index < -0.39 is 0 Å². The van der Waals surface area contributed by atoms with Crippen LogP contribution in [-0.4, -0.2) is 23.2 Å². The van der Waals surface area contributed by atoms with Gasteiger partial charge in [0.2, 0.25) is 11.0 Å². The number of ether oxygens (including phenoxy) is 1. The Labute approximate surface area is 157 Å². The molecule has 1 aromatic heterocycles. The highest BCUT2D eigenvalue weighted by Gasteiger charge is 2.20. The summed E-state index contributed by atoms with van der Waals surface area (Å²) in [4.78, 5) is 12.6. The largest absolute Gasteiger partial charge is 0.497 e. The first kappa shape index (κ1) is 18.1. The van der Waals surface area contributed by atoms with Crippen molar-refractivity contribution in [3.05, 3.63) is 70.7 Å². The second-order valence-electron chi connectivity index (χ2n) is 5.89. The first-order valence-corrected chi connectivity index (χ1v) is 9.32. The Morgan fingerprint density at radius 1 is 1.12 bits per heavy atom. The average Bonchev–Trinajstić information content (AvgIpc) is 3.10. The number of rotatable bonds is 7. The minimum atomic E-state index is -0.190. The third-order valence-electron chi connectivity index (χ3n) is 4.14. The van der Waals surface area contributed by atoms with E-state index in [1.165, 1.54) is 11.3 Å². The minimum Gasteiger partial charge on any atom is -0.497 e. The molecule has 1 N–H and O–H groups in total. The summed E-state index contributed by atoms with van der Waals surface area (Å²) in [7, 11) is 1.65. The van der Waals surface area contributed by atoms with E-state index in [1.807, 2.05) is 61.5 Å². The van der Waals surface area contributed by atoms with Gasteiger partial charge >= 0.3 is 0 Å². The SMILES string of the molecule is CCC(C(=O)Nc1nnc(Cc2ccc(OC)cc2)s1)c1ccccc1. The van der Waals surface area contributed by atoms with Gasteiger partial charge in [-0.2, -0.15) is 0 Å². The van der Waals surface area contributed by atoms with Crippen LogP contribution in [0.2, 0.25) is 0 Å². The summed E-state index contributed by atoms with van der Waals surface area (Å²) in [6.45, 7) is 2.01. The van der Waals surface area contributed by atoms with Crippen LogP contribution in [0.25, 0.3) is 0 Å². The minimum absolute atomic E-state index is 0.0501. The molecule has 0 radical (unpaired) electrons. The third-order valence-corrected chi connectivity index (χ3v) is 4.98. The normalized spacial score (nSPS) is 11.8. The van der Waals surface area contributed by atoms with Crippen molar-refractivity contribution in [1.82, 2.24) is 10.2 Å². The smallest absolute Gasteiger partial charge is 0.233 e. The molecule has 3 aromatic rings. The van der Waals surface area contributed by atoms with Crippen molar-refractivity contribution in [1.29, 1.82) is 0 Å². The summed E-state index contributed by atoms with van der Waals surface area (Å²) < 4.78 is 5.16. The Morgan fingerprint density at radius 2 is 1.85 bits per heavy atom. The molecule has 0 aliphatic heterocycles. The highest BCUT2D eigenvalue weighted by molar-refractivity contribution is 7.15. The molecule has 3 rings (SSSR count). The second kappa shape index (κ2) is 8.58. The van der Waals surface area contributed by atoms with Crippen molar-refractivity contribution in [2.75, 3.05) is 12.4 Å². The Bertz CT molecular complexity index is 847. The highest BCUT2D eigenvalue weighted by atomic mass is 32.1. The van der Waals surface area contributed by atoms with Gasteiger partial charge in [-0.1, -0.05) is 60.7 Å². The van der Waals surface area contributed by atoms with Gasteiger partial charge in [0, 0.05) is 6.42 Å². The molecule has 1 amide bonds. The predicted molar refractivity (Wildman–Crippen MR) is 104 cm³/mol. The Morgan fingerprint density at radius 3 is 2.50 bits per heavy atom. The van der Waals surface area contributed by atoms with Crippen LogP contribution in [0.3, 0.4) is 0 Å². The summed E-state index contributed by atoms with van der Waals surface area (Å²) >= 11 is 1.40. The Balaban J connectivity index is 1.64. The van der Waals surface area contributed by atoms with Crippen LogP contribution in [-0.2, 0) is 11.2 Å². The Kier molecular flexibility index (Phi) is 5.96. The van der Waals surface area contributed by atoms with Gasteiger partial charge in [0.05, 0.1) is 13.0 Å². The molecule has 1 atom stereocenters. The number of anilines is 1. The molecule has 134 valence electrons. The van der Waals surface area contributed by atoms with Gasteiger partial charge < -0.3 is 4.74 Å². The zero-order chi connectivity index (χ0) is 18.4. The van der Waals surface area contributed by atoms with Crippen LogP contribution in [0.4, 0.5) is 5.13 Å². The van der Waals surface area contributed by atoms with E-state index in [1.54, 1.807) is 7.11 Å². The summed E-state index contributed by atoms with van der Waals surface area (Å²) in [6, 6.07) is 17.6. The van der Waals surface area contributed by atoms with Crippen molar-refractivity contribution in [2.24, 2.45) is 0 Å². The molecular weight excluding hydrogens is 346 g/mol. The molecule has 26 heavy (non-hydrogen) atoms. The van der Waals surface area contributed by atoms with E-state index in [2.05, 4.69) is 15.5 Å². The lowest BCUT2D eigenvalue weighted by Gasteiger charge is -2.13. The number of hydrogen-bond donors (Lipinski definition) is 1. The van der Waals surface area contributed by atoms with E-state index in [9.17, 15) is 4.79 Å². The molecule has 6 heteroatoms. The summed E-state index contributed by atoms with van der Waals surface area (Å²) in [5.74, 6) is 0.585. The van der Waals surface area contributed by atoms with E-state index in [4.69, 9.17) is 4.74 Å². The third kappa shape index (κ3) is 4.46. The number of hydrogen-bond acceptors (Lipinski definition) is 5. The number of aromatic nitrogens is 2. The molecule has 0 saturated carbocycles. The van der Waals surface area contributed by atoms with E-state index in [-0.39, 0.29) is 11.8 Å². The van der Waals surface area contributed by atoms with Crippen LogP contribution >= 0.6 is 11.3 Å². The number of methoxy groups -OCH3 is 1. The first-order chi connectivity index (χ1) is 12.7. The second-order valence-corrected chi connectivity index (χ2v) is 6.95. The molecule has 0 saturated heterocycles. The molecule has 2 aromatic carbocycles. The molecule has 0 spiro atoms. The molecular formula is C20H21N3O2S. The molecule has 1 unspecified atom stereocenters. The average molecular weight is 367 g/mol. The quantitative estimate of drug-likeness (QED) is 0.677. The van der Waals surface area contributed by atoms with Gasteiger partial charge in [0.25, 0.3) is 0 Å². The van der Waals surface area contributed by atoms with Gasteiger partial charge in [0.1, 0.15) is 10.8 Å². The van der Waals surface area contributed by atoms with Crippen LogP contribution in [0.5, 0.6) is 5.75 Å². The predicted octanol–water partition coefficient (Wildman–Crippen LogP) is 4.27. The number of carbonyl (C=O) groups is 1. The molecule has 0 aliphatic carbocycles. The zero-order valence-electron chi connectivity index (χ0n) is 14.8. The maximum Gasteiger partial charge on any atom is 0.233 e. The molecule has 5 nitrogen and oxygen atoms in total. The van der Waals surface area contributed by atoms with Gasteiger partial charge in [-0.25, -0.2) is 0 Å². The Hall–Kier alpha value is -2.73. The number of nitrogens with one attached hydrogen (secondary N) is 1. The summed E-state index contributed by atoms with van der Waals surface area (Å²) in [5.41, 5.74) is 2.13. The van der Waals surface area contributed by atoms with Crippen molar-refractivity contribution in [3.63, 3.8) is 0 Å². The standard InChI is InChI=1S/C20H21N3O2S/c1-3-17(15-7-5-4-6-8-15)19(24)21-20-23-22-18(26-20)13-14-9-11-16(25-2)12-10-14/h4-12,17H,3,13H2,1-2H3,(H,21,23,24). The van der Waals surface area contributed by atoms with Gasteiger partial charge in [-0.05, 0) is 29.7 Å². The highest BCUT2D eigenvalue weighted by Crippen LogP contribution is 2.24. The lowest BCUT2D eigenvalue weighted by atomic mass is 9.96. The van der Waals surface area contributed by atoms with E-state index in [0.29, 0.717) is 11.6 Å². The topological polar surface area (TPSA) is 64.1 Å². The number of nitrogens with zero attached hydrogens (tertiary/aromatic N) is 2. The summed E-state index contributed by atoms with van der Waals surface area (Å²) in [6.07, 6.45) is 1.40. The van der Waals surface area contributed by atoms with Crippen molar-refractivity contribution in [2.45, 2.75) is 25.7 Å². The number of benzene rings is 2. The summed E-state index contributed by atoms with van der Waals surface area (Å²) in [5, 5.41) is 12.6. The maximum absolute atomic E-state index is 12.6. The maximum atomic E-state index is 12.6. The van der Waals surface area contributed by atoms with Gasteiger partial charge in [-0.15, -0.1) is 10.2 Å². The first-order valence-electron chi connectivity index (χ1n) is 8.50. The lowest BCUT2D eigenvalue weighted by Crippen LogP contribution is -2.20. The van der Waals surface area contributed by atoms with Crippen molar-refractivity contribution < 1.29 is 9.53 Å². The fraction of sp³-hybridized carbons (Fsp3) is 0.250. The number of carbonyl (C=O) groups excluding carboxylic acids is 1. The molecule has 0 bridgehead atoms. The van der Waals surface area contributed by atoms with Crippen molar-refractivity contribution >= 4 is 22.4 Å². The van der Waals surface area contributed by atoms with Crippen LogP contribution in [0.1, 0.15) is 35.4 Å². The van der Waals surface area contributed by atoms with Crippen LogP contribution in [0.15, 0.2) is 54.6 Å². The fourth-order valence-electron chi connectivity index (χ4n) is 2.74. The lowest BCUT2D eigenvalue weighted by molar-refractivity contribution is -0.117. The van der Waals surface area contributed by atoms with Crippen LogP contribution in [0, 0.1) is 0 Å². The van der Waals surface area contributed by atoms with E-state index in [0.717, 1.165) is 28.3 Å². The monoisotopic (exact) mass is 367 g/mol. The van der Waals surface area contributed by atoms with Gasteiger partial charge in [-0.3, -0.25) is 10.1 Å². The van der Waals surface area contributed by atoms with Crippen molar-refractivity contribution in [3.8, 4) is 5.75 Å². The van der Waals surface area contributed by atoms with Crippen LogP contribution < -0.4 is 10.1 Å². The fourth-order valence-corrected chi connectivity index (χ4v) is 3.52. The van der Waals surface area contributed by atoms with E-state index >= 15 is 0 Å². The molecule has 0 aliphatic rings. The molecule has 1 heterocycles. The zero-order valence-corrected chi connectivity index (χ0v) is 15.6. The van der Waals surface area contributed by atoms with Gasteiger partial charge in [0.15, 0.2) is 0 Å². The number of amides is 1. The molecule has 0 fully saturated rings.